The normalized spacial score (nSPS) is 12.6. The Morgan fingerprint density at radius 1 is 1.33 bits per heavy atom. The van der Waals surface area contributed by atoms with E-state index < -0.39 is 0 Å². The fourth-order valence-electron chi connectivity index (χ4n) is 2.12. The molecule has 1 aromatic rings. The van der Waals surface area contributed by atoms with Crippen LogP contribution in [0.4, 0.5) is 0 Å². The van der Waals surface area contributed by atoms with E-state index in [2.05, 4.69) is 58.7 Å². The molecule has 18 heavy (non-hydrogen) atoms. The number of hydrogen-bond donors (Lipinski definition) is 1. The van der Waals surface area contributed by atoms with Gasteiger partial charge < -0.3 is 5.32 Å². The molecular formula is C15H24BrNS. The number of rotatable bonds is 9. The zero-order valence-corrected chi connectivity index (χ0v) is 13.8. The van der Waals surface area contributed by atoms with Crippen molar-refractivity contribution in [3.8, 4) is 0 Å². The van der Waals surface area contributed by atoms with E-state index in [4.69, 9.17) is 0 Å². The van der Waals surface area contributed by atoms with Gasteiger partial charge in [0.2, 0.25) is 0 Å². The molecule has 0 aliphatic carbocycles. The maximum absolute atomic E-state index is 3.65. The Bertz CT molecular complexity index is 330. The average Bonchev–Trinajstić information content (AvgIpc) is 2.38. The summed E-state index contributed by atoms with van der Waals surface area (Å²) >= 11 is 5.60. The summed E-state index contributed by atoms with van der Waals surface area (Å²) in [5, 5.41) is 3.49. The quantitative estimate of drug-likeness (QED) is 0.675. The second-order valence-corrected chi connectivity index (χ2v) is 6.44. The molecule has 1 nitrogen and oxygen atoms in total. The molecule has 1 rings (SSSR count). The fraction of sp³-hybridized carbons (Fsp3) is 0.600. The molecule has 1 atom stereocenters. The first-order valence-electron chi connectivity index (χ1n) is 6.71. The van der Waals surface area contributed by atoms with Gasteiger partial charge in [-0.15, -0.1) is 0 Å². The van der Waals surface area contributed by atoms with Crippen LogP contribution >= 0.6 is 27.7 Å². The van der Waals surface area contributed by atoms with Gasteiger partial charge in [-0.2, -0.15) is 11.8 Å². The first-order valence-corrected chi connectivity index (χ1v) is 8.89. The SMILES string of the molecule is CCNCC(CCCSC)Cc1ccccc1Br. The van der Waals surface area contributed by atoms with E-state index in [0.717, 1.165) is 19.0 Å². The standard InChI is InChI=1S/C15H24BrNS/c1-3-17-12-13(7-6-10-18-2)11-14-8-4-5-9-15(14)16/h4-5,8-9,13,17H,3,6-7,10-12H2,1-2H3. The van der Waals surface area contributed by atoms with Gasteiger partial charge in [0.05, 0.1) is 0 Å². The minimum absolute atomic E-state index is 0.746. The molecule has 1 unspecified atom stereocenters. The molecular weight excluding hydrogens is 306 g/mol. The van der Waals surface area contributed by atoms with Gasteiger partial charge in [0.1, 0.15) is 0 Å². The molecule has 0 amide bonds. The Hall–Kier alpha value is 0.01000. The van der Waals surface area contributed by atoms with Crippen LogP contribution in [0.5, 0.6) is 0 Å². The van der Waals surface area contributed by atoms with Gasteiger partial charge in [-0.1, -0.05) is 41.1 Å². The molecule has 0 heterocycles. The fourth-order valence-corrected chi connectivity index (χ4v) is 3.02. The van der Waals surface area contributed by atoms with Crippen LogP contribution in [0.1, 0.15) is 25.3 Å². The molecule has 0 aliphatic rings. The molecule has 3 heteroatoms. The van der Waals surface area contributed by atoms with Crippen molar-refractivity contribution in [1.82, 2.24) is 5.32 Å². The zero-order valence-electron chi connectivity index (χ0n) is 11.4. The maximum Gasteiger partial charge on any atom is 0.0207 e. The topological polar surface area (TPSA) is 12.0 Å². The summed E-state index contributed by atoms with van der Waals surface area (Å²) in [5.74, 6) is 2.02. The number of hydrogen-bond acceptors (Lipinski definition) is 2. The first-order chi connectivity index (χ1) is 8.77. The first kappa shape index (κ1) is 16.1. The lowest BCUT2D eigenvalue weighted by Gasteiger charge is -2.18. The highest BCUT2D eigenvalue weighted by Gasteiger charge is 2.10. The molecule has 0 saturated heterocycles. The largest absolute Gasteiger partial charge is 0.317 e. The van der Waals surface area contributed by atoms with Crippen LogP contribution < -0.4 is 5.32 Å². The highest BCUT2D eigenvalue weighted by Crippen LogP contribution is 2.21. The molecule has 0 aromatic heterocycles. The predicted octanol–water partition coefficient (Wildman–Crippen LogP) is 4.36. The summed E-state index contributed by atoms with van der Waals surface area (Å²) < 4.78 is 1.25. The van der Waals surface area contributed by atoms with Crippen molar-refractivity contribution in [3.05, 3.63) is 34.3 Å². The number of nitrogens with one attached hydrogen (secondary N) is 1. The molecule has 0 saturated carbocycles. The Labute approximate surface area is 124 Å². The van der Waals surface area contributed by atoms with Crippen molar-refractivity contribution in [2.45, 2.75) is 26.2 Å². The van der Waals surface area contributed by atoms with Crippen molar-refractivity contribution in [3.63, 3.8) is 0 Å². The van der Waals surface area contributed by atoms with Crippen molar-refractivity contribution < 1.29 is 0 Å². The van der Waals surface area contributed by atoms with Crippen LogP contribution in [0.25, 0.3) is 0 Å². The number of benzene rings is 1. The van der Waals surface area contributed by atoms with E-state index in [1.807, 2.05) is 11.8 Å². The molecule has 102 valence electrons. The highest BCUT2D eigenvalue weighted by atomic mass is 79.9. The van der Waals surface area contributed by atoms with Crippen molar-refractivity contribution in [1.29, 1.82) is 0 Å². The Morgan fingerprint density at radius 3 is 2.78 bits per heavy atom. The van der Waals surface area contributed by atoms with Crippen LogP contribution in [-0.4, -0.2) is 25.1 Å². The molecule has 0 bridgehead atoms. The Kier molecular flexibility index (Phi) is 8.82. The van der Waals surface area contributed by atoms with E-state index in [1.165, 1.54) is 35.1 Å². The Morgan fingerprint density at radius 2 is 2.11 bits per heavy atom. The average molecular weight is 330 g/mol. The van der Waals surface area contributed by atoms with Crippen molar-refractivity contribution in [2.24, 2.45) is 5.92 Å². The molecule has 0 radical (unpaired) electrons. The van der Waals surface area contributed by atoms with Gasteiger partial charge in [-0.25, -0.2) is 0 Å². The van der Waals surface area contributed by atoms with Crippen LogP contribution in [0, 0.1) is 5.92 Å². The minimum atomic E-state index is 0.746. The van der Waals surface area contributed by atoms with E-state index in [1.54, 1.807) is 0 Å². The minimum Gasteiger partial charge on any atom is -0.317 e. The smallest absolute Gasteiger partial charge is 0.0207 e. The predicted molar refractivity (Wildman–Crippen MR) is 87.5 cm³/mol. The third-order valence-corrected chi connectivity index (χ3v) is 4.58. The van der Waals surface area contributed by atoms with Gasteiger partial charge in [0.25, 0.3) is 0 Å². The highest BCUT2D eigenvalue weighted by molar-refractivity contribution is 9.10. The summed E-state index contributed by atoms with van der Waals surface area (Å²) in [5.41, 5.74) is 1.43. The summed E-state index contributed by atoms with van der Waals surface area (Å²) in [6, 6.07) is 8.59. The third-order valence-electron chi connectivity index (χ3n) is 3.11. The van der Waals surface area contributed by atoms with E-state index in [-0.39, 0.29) is 0 Å². The van der Waals surface area contributed by atoms with Crippen molar-refractivity contribution in [2.75, 3.05) is 25.1 Å². The van der Waals surface area contributed by atoms with Gasteiger partial charge in [-0.3, -0.25) is 0 Å². The Balaban J connectivity index is 2.51. The molecule has 0 spiro atoms. The van der Waals surface area contributed by atoms with Crippen LogP contribution in [0.2, 0.25) is 0 Å². The van der Waals surface area contributed by atoms with Gasteiger partial charge >= 0.3 is 0 Å². The van der Waals surface area contributed by atoms with Gasteiger partial charge in [-0.05, 0) is 61.9 Å². The molecule has 1 N–H and O–H groups in total. The van der Waals surface area contributed by atoms with Crippen LogP contribution in [0.15, 0.2) is 28.7 Å². The van der Waals surface area contributed by atoms with E-state index in [0.29, 0.717) is 0 Å². The summed E-state index contributed by atoms with van der Waals surface area (Å²) in [7, 11) is 0. The monoisotopic (exact) mass is 329 g/mol. The van der Waals surface area contributed by atoms with Crippen LogP contribution in [-0.2, 0) is 6.42 Å². The molecule has 1 aromatic carbocycles. The van der Waals surface area contributed by atoms with Gasteiger partial charge in [0.15, 0.2) is 0 Å². The zero-order chi connectivity index (χ0) is 13.2. The van der Waals surface area contributed by atoms with Crippen LogP contribution in [0.3, 0.4) is 0 Å². The summed E-state index contributed by atoms with van der Waals surface area (Å²) in [6.07, 6.45) is 5.99. The number of thioether (sulfide) groups is 1. The van der Waals surface area contributed by atoms with E-state index in [9.17, 15) is 0 Å². The third kappa shape index (κ3) is 6.26. The second-order valence-electron chi connectivity index (χ2n) is 4.60. The summed E-state index contributed by atoms with van der Waals surface area (Å²) in [4.78, 5) is 0. The van der Waals surface area contributed by atoms with Gasteiger partial charge in [0, 0.05) is 4.47 Å². The molecule has 0 fully saturated rings. The maximum atomic E-state index is 3.65. The lowest BCUT2D eigenvalue weighted by molar-refractivity contribution is 0.445. The van der Waals surface area contributed by atoms with Crippen molar-refractivity contribution >= 4 is 27.7 Å². The summed E-state index contributed by atoms with van der Waals surface area (Å²) in [6.45, 7) is 4.37. The lowest BCUT2D eigenvalue weighted by Crippen LogP contribution is -2.24. The number of halogens is 1. The van der Waals surface area contributed by atoms with E-state index >= 15 is 0 Å². The lowest BCUT2D eigenvalue weighted by atomic mass is 9.95. The molecule has 0 aliphatic heterocycles. The second kappa shape index (κ2) is 9.88.